The summed E-state index contributed by atoms with van der Waals surface area (Å²) in [5.41, 5.74) is 4.53. The van der Waals surface area contributed by atoms with Crippen molar-refractivity contribution in [3.05, 3.63) is 41.2 Å². The Morgan fingerprint density at radius 2 is 2.14 bits per heavy atom. The highest BCUT2D eigenvalue weighted by molar-refractivity contribution is 7.91. The van der Waals surface area contributed by atoms with Crippen LogP contribution in [0.15, 0.2) is 24.4 Å². The summed E-state index contributed by atoms with van der Waals surface area (Å²) in [5.74, 6) is 0. The Labute approximate surface area is 123 Å². The van der Waals surface area contributed by atoms with E-state index in [2.05, 4.69) is 11.2 Å². The minimum absolute atomic E-state index is 0.390. The van der Waals surface area contributed by atoms with Crippen LogP contribution in [0.4, 0.5) is 0 Å². The van der Waals surface area contributed by atoms with Gasteiger partial charge in [-0.25, -0.2) is 8.42 Å². The molecular weight excluding hydrogens is 286 g/mol. The number of fused-ring (bicyclic) bond motifs is 1. The van der Waals surface area contributed by atoms with E-state index in [1.807, 2.05) is 19.1 Å². The van der Waals surface area contributed by atoms with Crippen molar-refractivity contribution in [1.82, 2.24) is 9.78 Å². The third-order valence-electron chi connectivity index (χ3n) is 4.00. The molecule has 0 amide bonds. The molecule has 0 aliphatic carbocycles. The van der Waals surface area contributed by atoms with Crippen molar-refractivity contribution in [2.75, 3.05) is 6.26 Å². The monoisotopic (exact) mass is 301 g/mol. The first-order chi connectivity index (χ1) is 9.90. The van der Waals surface area contributed by atoms with Crippen molar-refractivity contribution in [3.8, 4) is 17.2 Å². The summed E-state index contributed by atoms with van der Waals surface area (Å²) >= 11 is 0. The van der Waals surface area contributed by atoms with Crippen LogP contribution in [0.3, 0.4) is 0 Å². The van der Waals surface area contributed by atoms with Gasteiger partial charge < -0.3 is 0 Å². The highest BCUT2D eigenvalue weighted by Crippen LogP contribution is 2.32. The molecule has 0 bridgehead atoms. The number of hydrogen-bond donors (Lipinski definition) is 0. The normalized spacial score (nSPS) is 17.5. The van der Waals surface area contributed by atoms with E-state index < -0.39 is 15.1 Å². The van der Waals surface area contributed by atoms with Gasteiger partial charge in [-0.1, -0.05) is 6.07 Å². The molecule has 2 aromatic rings. The number of aryl methyl sites for hydroxylation is 1. The molecule has 3 rings (SSSR count). The van der Waals surface area contributed by atoms with Gasteiger partial charge in [0, 0.05) is 23.9 Å². The van der Waals surface area contributed by atoms with E-state index in [-0.39, 0.29) is 0 Å². The van der Waals surface area contributed by atoms with Gasteiger partial charge in [0.1, 0.15) is 0 Å². The van der Waals surface area contributed by atoms with Gasteiger partial charge in [0.05, 0.1) is 29.6 Å². The quantitative estimate of drug-likeness (QED) is 0.846. The predicted octanol–water partition coefficient (Wildman–Crippen LogP) is 1.70. The fourth-order valence-corrected chi connectivity index (χ4v) is 3.68. The van der Waals surface area contributed by atoms with Gasteiger partial charge >= 0.3 is 0 Å². The molecule has 1 aromatic carbocycles. The fraction of sp³-hybridized carbons (Fsp3) is 0.333. The van der Waals surface area contributed by atoms with Crippen LogP contribution in [-0.4, -0.2) is 29.7 Å². The molecule has 0 spiro atoms. The highest BCUT2D eigenvalue weighted by Gasteiger charge is 2.32. The van der Waals surface area contributed by atoms with Gasteiger partial charge in [0.15, 0.2) is 9.84 Å². The zero-order chi connectivity index (χ0) is 15.2. The summed E-state index contributed by atoms with van der Waals surface area (Å²) in [6, 6.07) is 7.63. The van der Waals surface area contributed by atoms with Gasteiger partial charge in [-0.05, 0) is 30.2 Å². The van der Waals surface area contributed by atoms with Gasteiger partial charge in [-0.15, -0.1) is 0 Å². The van der Waals surface area contributed by atoms with Crippen LogP contribution in [0.1, 0.15) is 16.8 Å². The molecule has 0 saturated carbocycles. The van der Waals surface area contributed by atoms with Gasteiger partial charge in [-0.2, -0.15) is 10.4 Å². The van der Waals surface area contributed by atoms with Crippen LogP contribution in [0.2, 0.25) is 0 Å². The molecule has 108 valence electrons. The summed E-state index contributed by atoms with van der Waals surface area (Å²) < 4.78 is 25.2. The standard InChI is InChI=1S/C15H15N3O2S/c1-10-5-11(7-16)3-4-13(10)14-8-17-18-9-12(6-15(14)18)21(2,19)20/h3-5,8,12H,6,9H2,1-2H3/t12-/m1/s1. The van der Waals surface area contributed by atoms with Gasteiger partial charge in [0.2, 0.25) is 0 Å². The SMILES string of the molecule is Cc1cc(C#N)ccc1-c1cnn2c1C[C@@H](S(C)(=O)=O)C2. The van der Waals surface area contributed by atoms with E-state index in [1.54, 1.807) is 16.9 Å². The molecule has 0 radical (unpaired) electrons. The maximum Gasteiger partial charge on any atom is 0.152 e. The molecule has 1 aromatic heterocycles. The largest absolute Gasteiger partial charge is 0.268 e. The van der Waals surface area contributed by atoms with Crippen LogP contribution >= 0.6 is 0 Å². The van der Waals surface area contributed by atoms with Crippen LogP contribution in [-0.2, 0) is 22.8 Å². The maximum absolute atomic E-state index is 11.7. The summed E-state index contributed by atoms with van der Waals surface area (Å²) in [6.45, 7) is 2.37. The average Bonchev–Trinajstić information content (AvgIpc) is 2.98. The molecule has 0 fully saturated rings. The van der Waals surface area contributed by atoms with Crippen molar-refractivity contribution in [2.45, 2.75) is 25.1 Å². The third-order valence-corrected chi connectivity index (χ3v) is 5.52. The van der Waals surface area contributed by atoms with E-state index in [1.165, 1.54) is 6.26 Å². The number of hydrogen-bond acceptors (Lipinski definition) is 4. The Bertz CT molecular complexity index is 860. The molecule has 1 atom stereocenters. The molecule has 1 aliphatic heterocycles. The number of rotatable bonds is 2. The van der Waals surface area contributed by atoms with Crippen molar-refractivity contribution in [3.63, 3.8) is 0 Å². The van der Waals surface area contributed by atoms with E-state index in [4.69, 9.17) is 5.26 Å². The second kappa shape index (κ2) is 4.71. The van der Waals surface area contributed by atoms with E-state index in [9.17, 15) is 8.42 Å². The lowest BCUT2D eigenvalue weighted by Gasteiger charge is -2.07. The van der Waals surface area contributed by atoms with Crippen LogP contribution in [0, 0.1) is 18.3 Å². The van der Waals surface area contributed by atoms with Crippen LogP contribution < -0.4 is 0 Å². The first-order valence-electron chi connectivity index (χ1n) is 6.65. The Hall–Kier alpha value is -2.13. The molecule has 2 heterocycles. The fourth-order valence-electron chi connectivity index (χ4n) is 2.80. The van der Waals surface area contributed by atoms with Crippen LogP contribution in [0.5, 0.6) is 0 Å². The lowest BCUT2D eigenvalue weighted by Crippen LogP contribution is -2.21. The van der Waals surface area contributed by atoms with Crippen molar-refractivity contribution >= 4 is 9.84 Å². The first-order valence-corrected chi connectivity index (χ1v) is 8.60. The third kappa shape index (κ3) is 2.34. The van der Waals surface area contributed by atoms with E-state index in [0.717, 1.165) is 22.4 Å². The maximum atomic E-state index is 11.7. The summed E-state index contributed by atoms with van der Waals surface area (Å²) in [6.07, 6.45) is 3.55. The molecule has 5 nitrogen and oxygen atoms in total. The second-order valence-electron chi connectivity index (χ2n) is 5.48. The Balaban J connectivity index is 2.04. The first kappa shape index (κ1) is 13.8. The van der Waals surface area contributed by atoms with Gasteiger partial charge in [-0.3, -0.25) is 4.68 Å². The number of nitrogens with zero attached hydrogens (tertiary/aromatic N) is 3. The van der Waals surface area contributed by atoms with E-state index >= 15 is 0 Å². The van der Waals surface area contributed by atoms with Gasteiger partial charge in [0.25, 0.3) is 0 Å². The topological polar surface area (TPSA) is 75.8 Å². The zero-order valence-electron chi connectivity index (χ0n) is 11.9. The number of nitriles is 1. The van der Waals surface area contributed by atoms with Crippen molar-refractivity contribution < 1.29 is 8.42 Å². The molecule has 21 heavy (non-hydrogen) atoms. The van der Waals surface area contributed by atoms with Crippen molar-refractivity contribution in [1.29, 1.82) is 5.26 Å². The zero-order valence-corrected chi connectivity index (χ0v) is 12.7. The Morgan fingerprint density at radius 3 is 2.76 bits per heavy atom. The molecule has 0 unspecified atom stereocenters. The van der Waals surface area contributed by atoms with E-state index in [0.29, 0.717) is 18.5 Å². The summed E-state index contributed by atoms with van der Waals surface area (Å²) in [4.78, 5) is 0. The van der Waals surface area contributed by atoms with Crippen molar-refractivity contribution in [2.24, 2.45) is 0 Å². The summed E-state index contributed by atoms with van der Waals surface area (Å²) in [5, 5.41) is 12.8. The predicted molar refractivity (Wildman–Crippen MR) is 79.5 cm³/mol. The van der Waals surface area contributed by atoms with Crippen LogP contribution in [0.25, 0.3) is 11.1 Å². The second-order valence-corrected chi connectivity index (χ2v) is 7.81. The highest BCUT2D eigenvalue weighted by atomic mass is 32.2. The smallest absolute Gasteiger partial charge is 0.152 e. The Kier molecular flexibility index (Phi) is 3.10. The number of sulfone groups is 1. The Morgan fingerprint density at radius 1 is 1.38 bits per heavy atom. The average molecular weight is 301 g/mol. The lowest BCUT2D eigenvalue weighted by atomic mass is 9.98. The molecule has 1 aliphatic rings. The minimum Gasteiger partial charge on any atom is -0.268 e. The molecular formula is C15H15N3O2S. The minimum atomic E-state index is -3.06. The summed E-state index contributed by atoms with van der Waals surface area (Å²) in [7, 11) is -3.06. The number of aromatic nitrogens is 2. The molecule has 6 heteroatoms. The molecule has 0 N–H and O–H groups in total. The lowest BCUT2D eigenvalue weighted by molar-refractivity contribution is 0.572. The number of benzene rings is 1. The molecule has 0 saturated heterocycles.